The van der Waals surface area contributed by atoms with Gasteiger partial charge in [0.25, 0.3) is 0 Å². The van der Waals surface area contributed by atoms with E-state index in [2.05, 4.69) is 74.6 Å². The lowest BCUT2D eigenvalue weighted by atomic mass is 10.1. The van der Waals surface area contributed by atoms with E-state index in [1.165, 1.54) is 57.8 Å². The molecule has 0 saturated heterocycles. The van der Waals surface area contributed by atoms with Crippen LogP contribution in [0.15, 0.2) is 60.8 Å². The largest absolute Gasteiger partial charge is 0.472 e. The van der Waals surface area contributed by atoms with Crippen molar-refractivity contribution in [2.75, 3.05) is 33.0 Å². The van der Waals surface area contributed by atoms with Crippen LogP contribution in [0, 0.1) is 0 Å². The number of ether oxygens (including phenoxy) is 2. The topological polar surface area (TPSA) is 132 Å². The van der Waals surface area contributed by atoms with Crippen molar-refractivity contribution in [2.45, 2.75) is 180 Å². The molecule has 0 saturated carbocycles. The van der Waals surface area contributed by atoms with Gasteiger partial charge in [0.05, 0.1) is 26.4 Å². The third kappa shape index (κ3) is 39.8. The number of phosphoric acid groups is 1. The summed E-state index contributed by atoms with van der Waals surface area (Å²) in [5.74, 6) is -0.401. The zero-order valence-electron chi connectivity index (χ0n) is 34.2. The summed E-state index contributed by atoms with van der Waals surface area (Å²) in [5, 5.41) is 18.3. The Hall–Kier alpha value is -1.84. The van der Waals surface area contributed by atoms with E-state index in [-0.39, 0.29) is 19.6 Å². The van der Waals surface area contributed by atoms with E-state index in [0.717, 1.165) is 83.5 Å². The molecule has 0 amide bonds. The van der Waals surface area contributed by atoms with Crippen LogP contribution in [-0.4, -0.2) is 66.3 Å². The van der Waals surface area contributed by atoms with Gasteiger partial charge < -0.3 is 24.6 Å². The predicted octanol–water partition coefficient (Wildman–Crippen LogP) is 11.6. The Morgan fingerprint density at radius 1 is 0.593 bits per heavy atom. The van der Waals surface area contributed by atoms with Crippen LogP contribution in [0.5, 0.6) is 0 Å². The second-order valence-corrected chi connectivity index (χ2v) is 15.4. The molecular formula is C44H79O9P. The quantitative estimate of drug-likeness (QED) is 0.0240. The van der Waals surface area contributed by atoms with Gasteiger partial charge in [0.1, 0.15) is 12.2 Å². The molecule has 0 heterocycles. The predicted molar refractivity (Wildman–Crippen MR) is 223 cm³/mol. The number of aliphatic hydroxyl groups excluding tert-OH is 2. The van der Waals surface area contributed by atoms with Crippen LogP contribution in [0.2, 0.25) is 0 Å². The molecule has 0 bridgehead atoms. The van der Waals surface area contributed by atoms with Gasteiger partial charge in [0.2, 0.25) is 0 Å². The van der Waals surface area contributed by atoms with Gasteiger partial charge in [-0.25, -0.2) is 4.57 Å². The highest BCUT2D eigenvalue weighted by Gasteiger charge is 2.26. The third-order valence-corrected chi connectivity index (χ3v) is 9.64. The van der Waals surface area contributed by atoms with Crippen LogP contribution in [-0.2, 0) is 27.9 Å². The van der Waals surface area contributed by atoms with Crippen molar-refractivity contribution in [2.24, 2.45) is 0 Å². The van der Waals surface area contributed by atoms with E-state index >= 15 is 0 Å². The Morgan fingerprint density at radius 2 is 1.06 bits per heavy atom. The third-order valence-electron chi connectivity index (χ3n) is 8.69. The number of aliphatic hydroxyl groups is 2. The molecule has 0 aliphatic heterocycles. The summed E-state index contributed by atoms with van der Waals surface area (Å²) in [6.07, 6.45) is 46.0. The van der Waals surface area contributed by atoms with Crippen molar-refractivity contribution in [1.29, 1.82) is 0 Å². The minimum Gasteiger partial charge on any atom is -0.457 e. The molecule has 9 nitrogen and oxygen atoms in total. The Kier molecular flexibility index (Phi) is 39.4. The molecule has 3 N–H and O–H groups in total. The summed E-state index contributed by atoms with van der Waals surface area (Å²) < 4.78 is 33.3. The van der Waals surface area contributed by atoms with Crippen molar-refractivity contribution < 1.29 is 43.0 Å². The maximum Gasteiger partial charge on any atom is 0.472 e. The van der Waals surface area contributed by atoms with Crippen LogP contribution in [0.1, 0.15) is 168 Å². The SMILES string of the molecule is CC/C=C\C/C=C\C/C=C\CCCCCCCCCCOCC(COP(=O)(O)OCC(O)CO)OC(=O)CCCCCCC/C=C\C/C=C\CCCCC. The van der Waals surface area contributed by atoms with E-state index < -0.39 is 39.2 Å². The molecule has 0 aliphatic carbocycles. The Morgan fingerprint density at radius 3 is 1.59 bits per heavy atom. The summed E-state index contributed by atoms with van der Waals surface area (Å²) in [6.45, 7) is 3.33. The molecule has 0 fully saturated rings. The minimum atomic E-state index is -4.52. The maximum absolute atomic E-state index is 12.6. The summed E-state index contributed by atoms with van der Waals surface area (Å²) in [4.78, 5) is 22.6. The van der Waals surface area contributed by atoms with Crippen LogP contribution >= 0.6 is 7.82 Å². The number of unbranched alkanes of at least 4 members (excludes halogenated alkanes) is 16. The fourth-order valence-electron chi connectivity index (χ4n) is 5.46. The Labute approximate surface area is 330 Å². The molecule has 0 aromatic heterocycles. The molecule has 0 aliphatic rings. The van der Waals surface area contributed by atoms with E-state index in [1.54, 1.807) is 0 Å². The molecule has 3 atom stereocenters. The first-order chi connectivity index (χ1) is 26.3. The number of hydrogen-bond donors (Lipinski definition) is 3. The van der Waals surface area contributed by atoms with Gasteiger partial charge in [0.15, 0.2) is 0 Å². The van der Waals surface area contributed by atoms with Crippen LogP contribution < -0.4 is 0 Å². The average molecular weight is 783 g/mol. The lowest BCUT2D eigenvalue weighted by molar-refractivity contribution is -0.154. The number of esters is 1. The molecule has 10 heteroatoms. The standard InChI is InChI=1S/C44H79O9P/c1-3-5-7-9-11-13-15-17-19-20-21-23-25-27-29-31-33-35-37-50-40-43(41-52-54(48,49)51-39-42(46)38-45)53-44(47)36-34-32-30-28-26-24-22-18-16-14-12-10-8-6-4-2/h5,7,11-14,17-19,22,42-43,45-46H,3-4,6,8-10,15-16,20-21,23-41H2,1-2H3,(H,48,49)/b7-5-,13-11-,14-12-,19-17-,22-18-. The smallest absolute Gasteiger partial charge is 0.457 e. The first-order valence-corrected chi connectivity index (χ1v) is 22.8. The monoisotopic (exact) mass is 783 g/mol. The van der Waals surface area contributed by atoms with Gasteiger partial charge in [-0.2, -0.15) is 0 Å². The Balaban J connectivity index is 4.22. The van der Waals surface area contributed by atoms with Crippen molar-refractivity contribution >= 4 is 13.8 Å². The van der Waals surface area contributed by atoms with Gasteiger partial charge in [-0.1, -0.05) is 145 Å². The van der Waals surface area contributed by atoms with Gasteiger partial charge in [-0.3, -0.25) is 13.8 Å². The van der Waals surface area contributed by atoms with Crippen molar-refractivity contribution in [3.05, 3.63) is 60.8 Å². The van der Waals surface area contributed by atoms with Crippen molar-refractivity contribution in [3.8, 4) is 0 Å². The minimum absolute atomic E-state index is 0.0359. The summed E-state index contributed by atoms with van der Waals surface area (Å²) >= 11 is 0. The number of allylic oxidation sites excluding steroid dienone is 10. The van der Waals surface area contributed by atoms with Crippen LogP contribution in [0.3, 0.4) is 0 Å². The number of hydrogen-bond acceptors (Lipinski definition) is 8. The lowest BCUT2D eigenvalue weighted by Gasteiger charge is -2.20. The average Bonchev–Trinajstić information content (AvgIpc) is 3.16. The fourth-order valence-corrected chi connectivity index (χ4v) is 6.25. The molecule has 0 rings (SSSR count). The highest BCUT2D eigenvalue weighted by molar-refractivity contribution is 7.47. The zero-order chi connectivity index (χ0) is 39.6. The molecule has 0 radical (unpaired) electrons. The molecule has 0 aromatic rings. The van der Waals surface area contributed by atoms with Crippen LogP contribution in [0.25, 0.3) is 0 Å². The first-order valence-electron chi connectivity index (χ1n) is 21.3. The van der Waals surface area contributed by atoms with Crippen molar-refractivity contribution in [3.63, 3.8) is 0 Å². The van der Waals surface area contributed by atoms with Crippen LogP contribution in [0.4, 0.5) is 0 Å². The van der Waals surface area contributed by atoms with Gasteiger partial charge in [-0.15, -0.1) is 0 Å². The highest BCUT2D eigenvalue weighted by atomic mass is 31.2. The van der Waals surface area contributed by atoms with Gasteiger partial charge in [-0.05, 0) is 77.0 Å². The molecule has 314 valence electrons. The van der Waals surface area contributed by atoms with E-state index in [0.29, 0.717) is 13.0 Å². The van der Waals surface area contributed by atoms with Gasteiger partial charge in [0, 0.05) is 13.0 Å². The lowest BCUT2D eigenvalue weighted by Crippen LogP contribution is -2.29. The van der Waals surface area contributed by atoms with Gasteiger partial charge >= 0.3 is 13.8 Å². The summed E-state index contributed by atoms with van der Waals surface area (Å²) in [7, 11) is -4.52. The number of rotatable bonds is 40. The van der Waals surface area contributed by atoms with Crippen molar-refractivity contribution in [1.82, 2.24) is 0 Å². The first kappa shape index (κ1) is 52.2. The number of carbonyl (C=O) groups is 1. The molecule has 0 spiro atoms. The number of phosphoric ester groups is 1. The molecule has 0 aromatic carbocycles. The second-order valence-electron chi connectivity index (χ2n) is 14.0. The highest BCUT2D eigenvalue weighted by Crippen LogP contribution is 2.43. The normalized spacial score (nSPS) is 14.7. The Bertz CT molecular complexity index is 1020. The van der Waals surface area contributed by atoms with E-state index in [1.807, 2.05) is 0 Å². The fraction of sp³-hybridized carbons (Fsp3) is 0.750. The van der Waals surface area contributed by atoms with E-state index in [9.17, 15) is 19.4 Å². The summed E-state index contributed by atoms with van der Waals surface area (Å²) in [5.41, 5.74) is 0. The molecular weight excluding hydrogens is 703 g/mol. The zero-order valence-corrected chi connectivity index (χ0v) is 35.1. The maximum atomic E-state index is 12.6. The second kappa shape index (κ2) is 40.8. The number of carbonyl (C=O) groups excluding carboxylic acids is 1. The summed E-state index contributed by atoms with van der Waals surface area (Å²) in [6, 6.07) is 0. The molecule has 3 unspecified atom stereocenters. The van der Waals surface area contributed by atoms with E-state index in [4.69, 9.17) is 23.6 Å². The molecule has 54 heavy (non-hydrogen) atoms.